The number of hydrogen-bond acceptors (Lipinski definition) is 4. The van der Waals surface area contributed by atoms with Crippen LogP contribution in [0.2, 0.25) is 0 Å². The van der Waals surface area contributed by atoms with E-state index < -0.39 is 0 Å². The first kappa shape index (κ1) is 12.5. The van der Waals surface area contributed by atoms with Crippen LogP contribution in [0.4, 0.5) is 5.82 Å². The van der Waals surface area contributed by atoms with Gasteiger partial charge < -0.3 is 5.32 Å². The Kier molecular flexibility index (Phi) is 3.29. The largest absolute Gasteiger partial charge is 0.373 e. The monoisotopic (exact) mass is 264 g/mol. The van der Waals surface area contributed by atoms with Crippen LogP contribution in [0.25, 0.3) is 22.0 Å². The molecule has 1 aromatic carbocycles. The molecule has 3 rings (SSSR count). The van der Waals surface area contributed by atoms with E-state index in [0.29, 0.717) is 0 Å². The number of aryl methyl sites for hydroxylation is 1. The minimum Gasteiger partial charge on any atom is -0.373 e. The Hall–Kier alpha value is -2.49. The number of rotatable bonds is 3. The van der Waals surface area contributed by atoms with Crippen LogP contribution in [0.1, 0.15) is 12.7 Å². The lowest BCUT2D eigenvalue weighted by Crippen LogP contribution is -2.01. The Morgan fingerprint density at radius 1 is 1.15 bits per heavy atom. The van der Waals surface area contributed by atoms with Crippen molar-refractivity contribution >= 4 is 16.6 Å². The first-order chi connectivity index (χ1) is 9.81. The molecule has 0 fully saturated rings. The lowest BCUT2D eigenvalue weighted by molar-refractivity contribution is 0.945. The van der Waals surface area contributed by atoms with Crippen LogP contribution in [0.15, 0.2) is 42.7 Å². The Bertz CT molecular complexity index is 725. The molecule has 4 nitrogen and oxygen atoms in total. The maximum absolute atomic E-state index is 4.64. The smallest absolute Gasteiger partial charge is 0.131 e. The number of anilines is 1. The molecule has 0 aliphatic rings. The van der Waals surface area contributed by atoms with Gasteiger partial charge in [-0.15, -0.1) is 0 Å². The molecule has 0 aliphatic carbocycles. The summed E-state index contributed by atoms with van der Waals surface area (Å²) in [5.41, 5.74) is 2.02. The summed E-state index contributed by atoms with van der Waals surface area (Å²) in [5.74, 6) is 1.68. The Morgan fingerprint density at radius 3 is 2.85 bits per heavy atom. The van der Waals surface area contributed by atoms with E-state index in [2.05, 4.69) is 39.3 Å². The molecule has 0 saturated heterocycles. The summed E-state index contributed by atoms with van der Waals surface area (Å²) < 4.78 is 0. The van der Waals surface area contributed by atoms with Gasteiger partial charge in [0, 0.05) is 42.9 Å². The normalized spacial score (nSPS) is 10.7. The van der Waals surface area contributed by atoms with Crippen molar-refractivity contribution in [3.8, 4) is 11.3 Å². The Balaban J connectivity index is 2.25. The van der Waals surface area contributed by atoms with E-state index in [1.807, 2.05) is 37.6 Å². The van der Waals surface area contributed by atoms with Gasteiger partial charge in [-0.25, -0.2) is 9.97 Å². The van der Waals surface area contributed by atoms with E-state index in [1.54, 1.807) is 0 Å². The van der Waals surface area contributed by atoms with Crippen molar-refractivity contribution in [1.82, 2.24) is 15.0 Å². The number of nitrogens with one attached hydrogen (secondary N) is 1. The lowest BCUT2D eigenvalue weighted by Gasteiger charge is -2.09. The molecule has 2 heterocycles. The predicted molar refractivity (Wildman–Crippen MR) is 81.7 cm³/mol. The summed E-state index contributed by atoms with van der Waals surface area (Å²) in [6.07, 6.45) is 4.51. The molecule has 1 N–H and O–H groups in total. The molecule has 4 heteroatoms. The average molecular weight is 264 g/mol. The van der Waals surface area contributed by atoms with Crippen molar-refractivity contribution in [2.24, 2.45) is 0 Å². The Labute approximate surface area is 117 Å². The molecule has 0 spiro atoms. The van der Waals surface area contributed by atoms with Crippen LogP contribution in [-0.2, 0) is 6.42 Å². The van der Waals surface area contributed by atoms with Gasteiger partial charge >= 0.3 is 0 Å². The standard InChI is InChI=1S/C16H16N4/c1-3-15-19-14(9-16(17-2)20-15)12-6-4-5-11-7-8-18-10-13(11)12/h4-10H,3H2,1-2H3,(H,17,19,20). The van der Waals surface area contributed by atoms with Gasteiger partial charge in [-0.05, 0) is 11.5 Å². The van der Waals surface area contributed by atoms with Crippen LogP contribution in [0.5, 0.6) is 0 Å². The maximum atomic E-state index is 4.64. The SMILES string of the molecule is CCc1nc(NC)cc(-c2cccc3ccncc23)n1. The van der Waals surface area contributed by atoms with Gasteiger partial charge in [0.1, 0.15) is 11.6 Å². The second-order valence-corrected chi connectivity index (χ2v) is 4.56. The molecule has 0 saturated carbocycles. The molecule has 0 radical (unpaired) electrons. The summed E-state index contributed by atoms with van der Waals surface area (Å²) in [4.78, 5) is 13.3. The summed E-state index contributed by atoms with van der Waals surface area (Å²) in [6.45, 7) is 2.06. The highest BCUT2D eigenvalue weighted by Gasteiger charge is 2.08. The van der Waals surface area contributed by atoms with Crippen LogP contribution in [0, 0.1) is 0 Å². The highest BCUT2D eigenvalue weighted by molar-refractivity contribution is 5.95. The van der Waals surface area contributed by atoms with E-state index >= 15 is 0 Å². The van der Waals surface area contributed by atoms with Crippen molar-refractivity contribution in [1.29, 1.82) is 0 Å². The van der Waals surface area contributed by atoms with Gasteiger partial charge in [0.05, 0.1) is 5.69 Å². The number of hydrogen-bond donors (Lipinski definition) is 1. The highest BCUT2D eigenvalue weighted by Crippen LogP contribution is 2.27. The number of benzene rings is 1. The third kappa shape index (κ3) is 2.20. The second kappa shape index (κ2) is 5.25. The molecule has 20 heavy (non-hydrogen) atoms. The maximum Gasteiger partial charge on any atom is 0.131 e. The van der Waals surface area contributed by atoms with E-state index in [4.69, 9.17) is 0 Å². The van der Waals surface area contributed by atoms with E-state index in [-0.39, 0.29) is 0 Å². The minimum atomic E-state index is 0.811. The molecule has 3 aromatic rings. The van der Waals surface area contributed by atoms with Crippen molar-refractivity contribution in [2.75, 3.05) is 12.4 Å². The summed E-state index contributed by atoms with van der Waals surface area (Å²) >= 11 is 0. The van der Waals surface area contributed by atoms with Crippen molar-refractivity contribution in [2.45, 2.75) is 13.3 Å². The molecule has 0 bridgehead atoms. The van der Waals surface area contributed by atoms with Crippen LogP contribution in [-0.4, -0.2) is 22.0 Å². The van der Waals surface area contributed by atoms with E-state index in [0.717, 1.165) is 34.7 Å². The fourth-order valence-electron chi connectivity index (χ4n) is 2.26. The lowest BCUT2D eigenvalue weighted by atomic mass is 10.0. The van der Waals surface area contributed by atoms with Gasteiger partial charge in [-0.2, -0.15) is 0 Å². The van der Waals surface area contributed by atoms with Crippen LogP contribution < -0.4 is 5.32 Å². The third-order valence-corrected chi connectivity index (χ3v) is 3.30. The molecule has 2 aromatic heterocycles. The number of fused-ring (bicyclic) bond motifs is 1. The van der Waals surface area contributed by atoms with Gasteiger partial charge in [-0.3, -0.25) is 4.98 Å². The molecular weight excluding hydrogens is 248 g/mol. The van der Waals surface area contributed by atoms with Crippen LogP contribution in [0.3, 0.4) is 0 Å². The van der Waals surface area contributed by atoms with Crippen LogP contribution >= 0.6 is 0 Å². The zero-order valence-electron chi connectivity index (χ0n) is 11.6. The molecule has 0 aliphatic heterocycles. The summed E-state index contributed by atoms with van der Waals surface area (Å²) in [6, 6.07) is 10.2. The van der Waals surface area contributed by atoms with Gasteiger partial charge in [0.25, 0.3) is 0 Å². The molecule has 100 valence electrons. The van der Waals surface area contributed by atoms with Gasteiger partial charge in [-0.1, -0.05) is 25.1 Å². The molecular formula is C16H16N4. The highest BCUT2D eigenvalue weighted by atomic mass is 15.0. The van der Waals surface area contributed by atoms with Crippen molar-refractivity contribution in [3.05, 3.63) is 48.5 Å². The third-order valence-electron chi connectivity index (χ3n) is 3.30. The topological polar surface area (TPSA) is 50.7 Å². The Morgan fingerprint density at radius 2 is 2.05 bits per heavy atom. The summed E-state index contributed by atoms with van der Waals surface area (Å²) in [7, 11) is 1.87. The quantitative estimate of drug-likeness (QED) is 0.788. The zero-order chi connectivity index (χ0) is 13.9. The number of aromatic nitrogens is 3. The molecule has 0 unspecified atom stereocenters. The van der Waals surface area contributed by atoms with Crippen molar-refractivity contribution < 1.29 is 0 Å². The minimum absolute atomic E-state index is 0.811. The average Bonchev–Trinajstić information content (AvgIpc) is 2.53. The fourth-order valence-corrected chi connectivity index (χ4v) is 2.26. The first-order valence-corrected chi connectivity index (χ1v) is 6.70. The van der Waals surface area contributed by atoms with E-state index in [9.17, 15) is 0 Å². The fraction of sp³-hybridized carbons (Fsp3) is 0.188. The molecule has 0 amide bonds. The first-order valence-electron chi connectivity index (χ1n) is 6.70. The summed E-state index contributed by atoms with van der Waals surface area (Å²) in [5, 5.41) is 5.37. The van der Waals surface area contributed by atoms with Gasteiger partial charge in [0.15, 0.2) is 0 Å². The second-order valence-electron chi connectivity index (χ2n) is 4.56. The van der Waals surface area contributed by atoms with Crippen molar-refractivity contribution in [3.63, 3.8) is 0 Å². The number of nitrogens with zero attached hydrogens (tertiary/aromatic N) is 3. The van der Waals surface area contributed by atoms with E-state index in [1.165, 1.54) is 5.39 Å². The van der Waals surface area contributed by atoms with Gasteiger partial charge in [0.2, 0.25) is 0 Å². The predicted octanol–water partition coefficient (Wildman–Crippen LogP) is 3.30. The molecule has 0 atom stereocenters. The zero-order valence-corrected chi connectivity index (χ0v) is 11.6. The number of pyridine rings is 1.